The Morgan fingerprint density at radius 1 is 0.840 bits per heavy atom. The Morgan fingerprint density at radius 2 is 1.44 bits per heavy atom. The molecule has 3 rings (SSSR count). The van der Waals surface area contributed by atoms with Crippen LogP contribution in [0.2, 0.25) is 0 Å². The molecule has 0 bridgehead atoms. The van der Waals surface area contributed by atoms with Gasteiger partial charge in [0.2, 0.25) is 10.0 Å². The minimum absolute atomic E-state index is 0.0774. The summed E-state index contributed by atoms with van der Waals surface area (Å²) in [6.07, 6.45) is 0. The largest absolute Gasteiger partial charge is 0.399 e. The van der Waals surface area contributed by atoms with Gasteiger partial charge in [-0.25, -0.2) is 13.6 Å². The summed E-state index contributed by atoms with van der Waals surface area (Å²) >= 11 is 0. The van der Waals surface area contributed by atoms with Crippen molar-refractivity contribution in [2.75, 3.05) is 10.6 Å². The number of sulfonamides is 1. The maximum atomic E-state index is 11.5. The van der Waals surface area contributed by atoms with Gasteiger partial charge in [-0.2, -0.15) is 0 Å². The molecular formula is C19H19N3O2S. The van der Waals surface area contributed by atoms with Crippen LogP contribution in [0.1, 0.15) is 5.56 Å². The van der Waals surface area contributed by atoms with Gasteiger partial charge >= 0.3 is 0 Å². The highest BCUT2D eigenvalue weighted by molar-refractivity contribution is 7.89. The van der Waals surface area contributed by atoms with Crippen molar-refractivity contribution in [3.63, 3.8) is 0 Å². The van der Waals surface area contributed by atoms with Crippen LogP contribution in [0.3, 0.4) is 0 Å². The van der Waals surface area contributed by atoms with E-state index in [0.29, 0.717) is 5.69 Å². The Balaban J connectivity index is 2.17. The molecule has 128 valence electrons. The molecule has 0 atom stereocenters. The topological polar surface area (TPSA) is 89.4 Å². The zero-order chi connectivity index (χ0) is 18.0. The predicted molar refractivity (Wildman–Crippen MR) is 102 cm³/mol. The molecule has 0 unspecified atom stereocenters. The fourth-order valence-electron chi connectivity index (χ4n) is 2.66. The second-order valence-electron chi connectivity index (χ2n) is 5.76. The average Bonchev–Trinajstić information content (AvgIpc) is 2.59. The molecule has 0 heterocycles. The third-order valence-electron chi connectivity index (χ3n) is 3.91. The van der Waals surface area contributed by atoms with Crippen molar-refractivity contribution >= 4 is 32.8 Å². The van der Waals surface area contributed by atoms with Gasteiger partial charge in [0.25, 0.3) is 0 Å². The quantitative estimate of drug-likeness (QED) is 0.700. The first-order valence-electron chi connectivity index (χ1n) is 7.70. The molecule has 6 heteroatoms. The number of hydrogen-bond acceptors (Lipinski definition) is 4. The van der Waals surface area contributed by atoms with Crippen LogP contribution in [-0.4, -0.2) is 8.42 Å². The van der Waals surface area contributed by atoms with Crippen molar-refractivity contribution < 1.29 is 8.42 Å². The van der Waals surface area contributed by atoms with Gasteiger partial charge in [0, 0.05) is 17.1 Å². The first-order chi connectivity index (χ1) is 11.9. The Bertz CT molecular complexity index is 985. The number of nitrogen functional groups attached to an aromatic ring is 1. The molecule has 0 saturated carbocycles. The number of nitrogens with two attached hydrogens (primary N) is 2. The lowest BCUT2D eigenvalue weighted by molar-refractivity contribution is 0.598. The second-order valence-corrected chi connectivity index (χ2v) is 7.32. The molecule has 0 fully saturated rings. The summed E-state index contributed by atoms with van der Waals surface area (Å²) in [6.45, 7) is 2.00. The summed E-state index contributed by atoms with van der Waals surface area (Å²) in [5.41, 5.74) is 10.4. The van der Waals surface area contributed by atoms with Crippen molar-refractivity contribution in [3.05, 3.63) is 78.4 Å². The van der Waals surface area contributed by atoms with Gasteiger partial charge < -0.3 is 10.6 Å². The molecule has 0 saturated heterocycles. The van der Waals surface area contributed by atoms with Crippen LogP contribution >= 0.6 is 0 Å². The van der Waals surface area contributed by atoms with E-state index in [1.165, 1.54) is 12.1 Å². The van der Waals surface area contributed by atoms with E-state index in [1.807, 2.05) is 60.4 Å². The van der Waals surface area contributed by atoms with Crippen LogP contribution in [-0.2, 0) is 10.0 Å². The molecule has 0 spiro atoms. The van der Waals surface area contributed by atoms with Crippen LogP contribution in [0, 0.1) is 6.92 Å². The van der Waals surface area contributed by atoms with Crippen LogP contribution in [0.5, 0.6) is 0 Å². The maximum absolute atomic E-state index is 11.5. The monoisotopic (exact) mass is 353 g/mol. The number of anilines is 4. The highest BCUT2D eigenvalue weighted by atomic mass is 32.2. The SMILES string of the molecule is Cc1ccc(N)cc1N(c1ccccc1)c1ccc(S(N)(=O)=O)cc1. The van der Waals surface area contributed by atoms with Crippen molar-refractivity contribution in [1.82, 2.24) is 0 Å². The Kier molecular flexibility index (Phi) is 4.48. The van der Waals surface area contributed by atoms with E-state index in [9.17, 15) is 8.42 Å². The van der Waals surface area contributed by atoms with E-state index in [4.69, 9.17) is 10.9 Å². The number of hydrogen-bond donors (Lipinski definition) is 2. The Labute approximate surface area is 147 Å². The minimum Gasteiger partial charge on any atom is -0.399 e. The summed E-state index contributed by atoms with van der Waals surface area (Å²) < 4.78 is 23.0. The zero-order valence-corrected chi connectivity index (χ0v) is 14.6. The summed E-state index contributed by atoms with van der Waals surface area (Å²) in [5, 5.41) is 5.19. The van der Waals surface area contributed by atoms with Gasteiger partial charge in [-0.05, 0) is 61.0 Å². The van der Waals surface area contributed by atoms with Crippen LogP contribution in [0.25, 0.3) is 0 Å². The van der Waals surface area contributed by atoms with Crippen molar-refractivity contribution in [3.8, 4) is 0 Å². The molecular weight excluding hydrogens is 334 g/mol. The van der Waals surface area contributed by atoms with Crippen LogP contribution in [0.15, 0.2) is 77.7 Å². The lowest BCUT2D eigenvalue weighted by atomic mass is 10.1. The fourth-order valence-corrected chi connectivity index (χ4v) is 3.17. The predicted octanol–water partition coefficient (Wildman–Crippen LogP) is 3.69. The molecule has 3 aromatic carbocycles. The highest BCUT2D eigenvalue weighted by Crippen LogP contribution is 2.37. The lowest BCUT2D eigenvalue weighted by Gasteiger charge is -2.27. The normalized spacial score (nSPS) is 11.3. The summed E-state index contributed by atoms with van der Waals surface area (Å²) in [5.74, 6) is 0. The van der Waals surface area contributed by atoms with Gasteiger partial charge in [-0.15, -0.1) is 0 Å². The fraction of sp³-hybridized carbons (Fsp3) is 0.0526. The van der Waals surface area contributed by atoms with Gasteiger partial charge in [-0.3, -0.25) is 0 Å². The molecule has 0 aliphatic heterocycles. The molecule has 0 aromatic heterocycles. The zero-order valence-electron chi connectivity index (χ0n) is 13.8. The van der Waals surface area contributed by atoms with E-state index >= 15 is 0 Å². The number of primary sulfonamides is 1. The molecule has 25 heavy (non-hydrogen) atoms. The standard InChI is InChI=1S/C19H19N3O2S/c1-14-7-8-15(20)13-19(14)22(16-5-3-2-4-6-16)17-9-11-18(12-10-17)25(21,23)24/h2-13H,20H2,1H3,(H2,21,23,24). The van der Waals surface area contributed by atoms with Crippen molar-refractivity contribution in [2.24, 2.45) is 5.14 Å². The molecule has 0 radical (unpaired) electrons. The average molecular weight is 353 g/mol. The number of aryl methyl sites for hydroxylation is 1. The van der Waals surface area contributed by atoms with E-state index in [-0.39, 0.29) is 4.90 Å². The lowest BCUT2D eigenvalue weighted by Crippen LogP contribution is -2.14. The minimum atomic E-state index is -3.73. The molecule has 3 aromatic rings. The smallest absolute Gasteiger partial charge is 0.238 e. The first kappa shape index (κ1) is 17.0. The maximum Gasteiger partial charge on any atom is 0.238 e. The van der Waals surface area contributed by atoms with Gasteiger partial charge in [-0.1, -0.05) is 24.3 Å². The van der Waals surface area contributed by atoms with Crippen LogP contribution < -0.4 is 15.8 Å². The van der Waals surface area contributed by atoms with E-state index < -0.39 is 10.0 Å². The third kappa shape index (κ3) is 3.65. The Hall–Kier alpha value is -2.83. The number of benzene rings is 3. The molecule has 0 aliphatic rings. The molecule has 0 amide bonds. The van der Waals surface area contributed by atoms with Crippen LogP contribution in [0.4, 0.5) is 22.7 Å². The Morgan fingerprint density at radius 3 is 2.04 bits per heavy atom. The summed E-state index contributed by atoms with van der Waals surface area (Å²) in [4.78, 5) is 2.10. The van der Waals surface area contributed by atoms with Gasteiger partial charge in [0.15, 0.2) is 0 Å². The molecule has 0 aliphatic carbocycles. The number of para-hydroxylation sites is 1. The molecule has 4 N–H and O–H groups in total. The van der Waals surface area contributed by atoms with E-state index in [2.05, 4.69) is 0 Å². The second kappa shape index (κ2) is 6.58. The first-order valence-corrected chi connectivity index (χ1v) is 9.25. The van der Waals surface area contributed by atoms with Crippen molar-refractivity contribution in [1.29, 1.82) is 0 Å². The highest BCUT2D eigenvalue weighted by Gasteiger charge is 2.16. The molecule has 5 nitrogen and oxygen atoms in total. The van der Waals surface area contributed by atoms with Gasteiger partial charge in [0.05, 0.1) is 10.6 Å². The number of nitrogens with zero attached hydrogens (tertiary/aromatic N) is 1. The van der Waals surface area contributed by atoms with E-state index in [0.717, 1.165) is 22.6 Å². The third-order valence-corrected chi connectivity index (χ3v) is 4.84. The van der Waals surface area contributed by atoms with Crippen molar-refractivity contribution in [2.45, 2.75) is 11.8 Å². The summed E-state index contributed by atoms with van der Waals surface area (Å²) in [7, 11) is -3.73. The number of rotatable bonds is 4. The van der Waals surface area contributed by atoms with E-state index in [1.54, 1.807) is 12.1 Å². The van der Waals surface area contributed by atoms with Gasteiger partial charge in [0.1, 0.15) is 0 Å². The summed E-state index contributed by atoms with van der Waals surface area (Å²) in [6, 6.07) is 22.0.